The molecule has 72 heavy (non-hydrogen) atoms. The summed E-state index contributed by atoms with van der Waals surface area (Å²) in [5, 5.41) is 14.0. The monoisotopic (exact) mass is 1040 g/mol. The number of carbonyl (C=O) groups excluding carboxylic acids is 1. The van der Waals surface area contributed by atoms with Crippen molar-refractivity contribution in [2.75, 3.05) is 40.9 Å². The van der Waals surface area contributed by atoms with Crippen LogP contribution in [0.2, 0.25) is 0 Å². The minimum Gasteiger partial charge on any atom is -0.387 e. The van der Waals surface area contributed by atoms with Gasteiger partial charge >= 0.3 is 7.82 Å². The van der Waals surface area contributed by atoms with E-state index in [1.165, 1.54) is 283 Å². The Balaban J connectivity index is 4.06. The maximum Gasteiger partial charge on any atom is 0.472 e. The highest BCUT2D eigenvalue weighted by atomic mass is 31.2. The number of phosphoric ester groups is 1. The van der Waals surface area contributed by atoms with E-state index in [9.17, 15) is 19.4 Å². The molecule has 0 rings (SSSR count). The molecule has 0 aliphatic carbocycles. The molecule has 8 nitrogen and oxygen atoms in total. The van der Waals surface area contributed by atoms with Crippen LogP contribution < -0.4 is 5.32 Å². The molecule has 9 heteroatoms. The summed E-state index contributed by atoms with van der Waals surface area (Å²) in [5.41, 5.74) is 0. The summed E-state index contributed by atoms with van der Waals surface area (Å²) in [6, 6.07) is -0.843. The SMILES string of the molecule is CCCCCCCCCCCCCCCCCCCCCCCCCCCCCCC/C=C/C(O)C(COP(=O)(O)OCC[N+](C)(C)C)NC(=O)CCCCCCCCCCCCCCCCCCCCC. The first-order valence-corrected chi connectivity index (χ1v) is 33.6. The van der Waals surface area contributed by atoms with Crippen LogP contribution in [0.5, 0.6) is 0 Å². The quantitative estimate of drug-likeness (QED) is 0.0243. The predicted molar refractivity (Wildman–Crippen MR) is 314 cm³/mol. The summed E-state index contributed by atoms with van der Waals surface area (Å²) >= 11 is 0. The Morgan fingerprint density at radius 1 is 0.458 bits per heavy atom. The Bertz CT molecular complexity index is 1180. The fourth-order valence-electron chi connectivity index (χ4n) is 9.99. The molecule has 0 aromatic rings. The molecule has 0 heterocycles. The Kier molecular flexibility index (Phi) is 54.4. The second-order valence-electron chi connectivity index (χ2n) is 23.5. The summed E-state index contributed by atoms with van der Waals surface area (Å²) in [5.74, 6) is -0.169. The Morgan fingerprint density at radius 3 is 1.03 bits per heavy atom. The molecule has 3 unspecified atom stereocenters. The fraction of sp³-hybridized carbons (Fsp3) is 0.952. The van der Waals surface area contributed by atoms with Crippen LogP contribution in [0.4, 0.5) is 0 Å². The van der Waals surface area contributed by atoms with Gasteiger partial charge in [0.05, 0.1) is 39.9 Å². The first-order valence-electron chi connectivity index (χ1n) is 32.1. The number of rotatable bonds is 60. The number of carbonyl (C=O) groups is 1. The highest BCUT2D eigenvalue weighted by Gasteiger charge is 2.28. The van der Waals surface area contributed by atoms with Crippen LogP contribution >= 0.6 is 7.82 Å². The predicted octanol–water partition coefficient (Wildman–Crippen LogP) is 19.8. The van der Waals surface area contributed by atoms with Crippen molar-refractivity contribution in [1.82, 2.24) is 5.32 Å². The van der Waals surface area contributed by atoms with Crippen molar-refractivity contribution in [1.29, 1.82) is 0 Å². The van der Waals surface area contributed by atoms with E-state index < -0.39 is 20.0 Å². The van der Waals surface area contributed by atoms with Crippen LogP contribution in [-0.2, 0) is 18.4 Å². The molecule has 0 radical (unpaired) electrons. The van der Waals surface area contributed by atoms with Crippen LogP contribution in [-0.4, -0.2) is 73.4 Å². The third kappa shape index (κ3) is 57.0. The Labute approximate surface area is 450 Å². The van der Waals surface area contributed by atoms with Crippen molar-refractivity contribution in [3.63, 3.8) is 0 Å². The zero-order valence-corrected chi connectivity index (χ0v) is 50.1. The van der Waals surface area contributed by atoms with Crippen molar-refractivity contribution in [2.24, 2.45) is 0 Å². The molecule has 0 aliphatic heterocycles. The van der Waals surface area contributed by atoms with E-state index in [1.54, 1.807) is 6.08 Å². The van der Waals surface area contributed by atoms with Gasteiger partial charge in [0.25, 0.3) is 0 Å². The normalized spacial score (nSPS) is 13.8. The molecule has 0 spiro atoms. The van der Waals surface area contributed by atoms with Crippen molar-refractivity contribution in [3.8, 4) is 0 Å². The highest BCUT2D eigenvalue weighted by Crippen LogP contribution is 2.43. The van der Waals surface area contributed by atoms with Gasteiger partial charge in [-0.05, 0) is 19.3 Å². The standard InChI is InChI=1S/C63H127N2O6P/c1-6-8-10-12-14-16-18-20-22-24-26-27-28-29-30-31-32-33-34-35-36-37-39-40-42-44-46-48-50-52-54-56-62(66)61(60-71-72(68,69)70-59-58-65(3,4)5)64-63(67)57-55-53-51-49-47-45-43-41-38-25-23-21-19-17-15-13-11-9-7-2/h54,56,61-62,66H,6-53,55,57-60H2,1-5H3,(H-,64,67,68,69)/p+1/b56-54+. The number of amides is 1. The van der Waals surface area contributed by atoms with E-state index in [2.05, 4.69) is 19.2 Å². The van der Waals surface area contributed by atoms with E-state index in [-0.39, 0.29) is 19.1 Å². The number of phosphoric acid groups is 1. The van der Waals surface area contributed by atoms with Crippen LogP contribution in [0, 0.1) is 0 Å². The number of quaternary nitrogens is 1. The van der Waals surface area contributed by atoms with Gasteiger partial charge in [0.15, 0.2) is 0 Å². The third-order valence-electron chi connectivity index (χ3n) is 15.0. The van der Waals surface area contributed by atoms with Gasteiger partial charge in [0.1, 0.15) is 13.2 Å². The van der Waals surface area contributed by atoms with E-state index in [0.717, 1.165) is 32.1 Å². The van der Waals surface area contributed by atoms with Crippen molar-refractivity contribution in [2.45, 2.75) is 347 Å². The Morgan fingerprint density at radius 2 is 0.736 bits per heavy atom. The maximum atomic E-state index is 13.0. The lowest BCUT2D eigenvalue weighted by Gasteiger charge is -2.25. The van der Waals surface area contributed by atoms with Gasteiger partial charge in [-0.15, -0.1) is 0 Å². The minimum atomic E-state index is -4.34. The zero-order chi connectivity index (χ0) is 52.7. The second kappa shape index (κ2) is 55.0. The van der Waals surface area contributed by atoms with Crippen LogP contribution in [0.3, 0.4) is 0 Å². The lowest BCUT2D eigenvalue weighted by molar-refractivity contribution is -0.870. The number of nitrogens with zero attached hydrogens (tertiary/aromatic N) is 1. The fourth-order valence-corrected chi connectivity index (χ4v) is 10.7. The molecular formula is C63H128N2O6P+. The van der Waals surface area contributed by atoms with E-state index in [1.807, 2.05) is 27.2 Å². The lowest BCUT2D eigenvalue weighted by atomic mass is 10.0. The van der Waals surface area contributed by atoms with Gasteiger partial charge < -0.3 is 19.8 Å². The molecule has 1 amide bonds. The first-order chi connectivity index (χ1) is 35.0. The molecule has 0 bridgehead atoms. The number of likely N-dealkylation sites (N-methyl/N-ethyl adjacent to an activating group) is 1. The number of nitrogens with one attached hydrogen (secondary N) is 1. The molecule has 0 aromatic heterocycles. The number of aliphatic hydroxyl groups excluding tert-OH is 1. The molecule has 0 saturated heterocycles. The molecule has 0 aromatic carbocycles. The number of aliphatic hydroxyl groups is 1. The summed E-state index contributed by atoms with van der Waals surface area (Å²) in [6.07, 6.45) is 69.1. The molecule has 430 valence electrons. The van der Waals surface area contributed by atoms with Gasteiger partial charge in [-0.1, -0.05) is 321 Å². The molecule has 3 atom stereocenters. The third-order valence-corrected chi connectivity index (χ3v) is 16.0. The highest BCUT2D eigenvalue weighted by molar-refractivity contribution is 7.47. The molecule has 0 saturated carbocycles. The molecule has 0 aliphatic rings. The van der Waals surface area contributed by atoms with Gasteiger partial charge in [-0.3, -0.25) is 13.8 Å². The first kappa shape index (κ1) is 71.2. The minimum absolute atomic E-state index is 0.0653. The topological polar surface area (TPSA) is 105 Å². The van der Waals surface area contributed by atoms with E-state index >= 15 is 0 Å². The zero-order valence-electron chi connectivity index (χ0n) is 49.2. The summed E-state index contributed by atoms with van der Waals surface area (Å²) in [4.78, 5) is 23.3. The van der Waals surface area contributed by atoms with Crippen molar-refractivity contribution < 1.29 is 32.9 Å². The molecule has 3 N–H and O–H groups in total. The molecular weight excluding hydrogens is 912 g/mol. The summed E-state index contributed by atoms with van der Waals surface area (Å²) in [6.45, 7) is 4.88. The van der Waals surface area contributed by atoms with E-state index in [0.29, 0.717) is 17.4 Å². The van der Waals surface area contributed by atoms with Gasteiger partial charge in [0.2, 0.25) is 5.91 Å². The maximum absolute atomic E-state index is 13.0. The Hall–Kier alpha value is -0.760. The lowest BCUT2D eigenvalue weighted by Crippen LogP contribution is -2.45. The smallest absolute Gasteiger partial charge is 0.387 e. The number of hydrogen-bond donors (Lipinski definition) is 3. The van der Waals surface area contributed by atoms with Crippen LogP contribution in [0.1, 0.15) is 335 Å². The van der Waals surface area contributed by atoms with Crippen LogP contribution in [0.15, 0.2) is 12.2 Å². The number of allylic oxidation sites excluding steroid dienone is 1. The number of hydrogen-bond acceptors (Lipinski definition) is 5. The summed E-state index contributed by atoms with van der Waals surface area (Å²) in [7, 11) is 1.59. The average molecular weight is 1040 g/mol. The second-order valence-corrected chi connectivity index (χ2v) is 25.0. The van der Waals surface area contributed by atoms with E-state index in [4.69, 9.17) is 9.05 Å². The van der Waals surface area contributed by atoms with Gasteiger partial charge in [-0.25, -0.2) is 4.57 Å². The van der Waals surface area contributed by atoms with Crippen molar-refractivity contribution >= 4 is 13.7 Å². The average Bonchev–Trinajstić information content (AvgIpc) is 3.34. The largest absolute Gasteiger partial charge is 0.472 e. The number of unbranched alkanes of at least 4 members (excludes halogenated alkanes) is 47. The van der Waals surface area contributed by atoms with Crippen molar-refractivity contribution in [3.05, 3.63) is 12.2 Å². The van der Waals surface area contributed by atoms with Crippen LogP contribution in [0.25, 0.3) is 0 Å². The summed E-state index contributed by atoms with van der Waals surface area (Å²) < 4.78 is 23.8. The molecule has 0 fully saturated rings. The van der Waals surface area contributed by atoms with Gasteiger partial charge in [0, 0.05) is 6.42 Å². The van der Waals surface area contributed by atoms with Gasteiger partial charge in [-0.2, -0.15) is 0 Å².